The molecule has 13 heavy (non-hydrogen) atoms. The van der Waals surface area contributed by atoms with E-state index in [1.54, 1.807) is 0 Å². The van der Waals surface area contributed by atoms with Crippen molar-refractivity contribution in [3.63, 3.8) is 0 Å². The largest absolute Gasteiger partial charge is 0.481 e. The first-order valence-corrected chi connectivity index (χ1v) is 5.13. The topological polar surface area (TPSA) is 40.5 Å². The zero-order chi connectivity index (χ0) is 9.84. The SMILES string of the molecule is CCC(CC)N1CC(CC(=O)O)C1. The van der Waals surface area contributed by atoms with Gasteiger partial charge in [-0.3, -0.25) is 9.69 Å². The highest BCUT2D eigenvalue weighted by atomic mass is 16.4. The second kappa shape index (κ2) is 4.61. The summed E-state index contributed by atoms with van der Waals surface area (Å²) in [5.74, 6) is -0.257. The molecule has 0 aliphatic carbocycles. The first-order valence-electron chi connectivity index (χ1n) is 5.13. The van der Waals surface area contributed by atoms with Crippen molar-refractivity contribution in [1.29, 1.82) is 0 Å². The van der Waals surface area contributed by atoms with Crippen molar-refractivity contribution in [2.75, 3.05) is 13.1 Å². The molecule has 1 aliphatic rings. The smallest absolute Gasteiger partial charge is 0.303 e. The Morgan fingerprint density at radius 3 is 2.38 bits per heavy atom. The normalized spacial score (nSPS) is 19.0. The summed E-state index contributed by atoms with van der Waals surface area (Å²) in [6.45, 7) is 6.36. The maximum Gasteiger partial charge on any atom is 0.303 e. The molecule has 0 radical (unpaired) electrons. The zero-order valence-corrected chi connectivity index (χ0v) is 8.49. The number of rotatable bonds is 5. The molecule has 3 heteroatoms. The van der Waals surface area contributed by atoms with Crippen molar-refractivity contribution in [1.82, 2.24) is 4.90 Å². The van der Waals surface area contributed by atoms with Gasteiger partial charge < -0.3 is 5.11 Å². The third-order valence-electron chi connectivity index (χ3n) is 2.91. The average Bonchev–Trinajstić information content (AvgIpc) is 2.01. The first kappa shape index (κ1) is 10.5. The van der Waals surface area contributed by atoms with Crippen LogP contribution in [-0.2, 0) is 4.79 Å². The van der Waals surface area contributed by atoms with Crippen LogP contribution < -0.4 is 0 Å². The molecule has 0 amide bonds. The van der Waals surface area contributed by atoms with Crippen LogP contribution in [0.2, 0.25) is 0 Å². The van der Waals surface area contributed by atoms with Gasteiger partial charge in [0.1, 0.15) is 0 Å². The van der Waals surface area contributed by atoms with E-state index in [0.717, 1.165) is 13.1 Å². The fourth-order valence-electron chi connectivity index (χ4n) is 2.09. The van der Waals surface area contributed by atoms with Crippen LogP contribution in [0.1, 0.15) is 33.1 Å². The van der Waals surface area contributed by atoms with Crippen LogP contribution in [-0.4, -0.2) is 35.1 Å². The quantitative estimate of drug-likeness (QED) is 0.707. The van der Waals surface area contributed by atoms with Gasteiger partial charge in [0.05, 0.1) is 6.42 Å². The minimum atomic E-state index is -0.658. The van der Waals surface area contributed by atoms with E-state index in [9.17, 15) is 4.79 Å². The van der Waals surface area contributed by atoms with E-state index in [4.69, 9.17) is 5.11 Å². The van der Waals surface area contributed by atoms with Crippen LogP contribution in [0.25, 0.3) is 0 Å². The minimum absolute atomic E-state index is 0.344. The Hall–Kier alpha value is -0.570. The molecular weight excluding hydrogens is 166 g/mol. The monoisotopic (exact) mass is 185 g/mol. The summed E-state index contributed by atoms with van der Waals surface area (Å²) in [4.78, 5) is 12.8. The van der Waals surface area contributed by atoms with Gasteiger partial charge in [0.15, 0.2) is 0 Å². The van der Waals surface area contributed by atoms with Crippen LogP contribution in [0.15, 0.2) is 0 Å². The maximum absolute atomic E-state index is 10.4. The summed E-state index contributed by atoms with van der Waals surface area (Å²) in [5.41, 5.74) is 0. The standard InChI is InChI=1S/C10H19NO2/c1-3-9(4-2)11-6-8(7-11)5-10(12)13/h8-9H,3-7H2,1-2H3,(H,12,13). The number of carboxylic acids is 1. The van der Waals surface area contributed by atoms with E-state index >= 15 is 0 Å². The molecule has 0 aromatic rings. The molecule has 1 N–H and O–H groups in total. The van der Waals surface area contributed by atoms with E-state index in [2.05, 4.69) is 18.7 Å². The molecule has 76 valence electrons. The van der Waals surface area contributed by atoms with Crippen molar-refractivity contribution in [2.24, 2.45) is 5.92 Å². The molecule has 1 aliphatic heterocycles. The fraction of sp³-hybridized carbons (Fsp3) is 0.900. The molecule has 0 unspecified atom stereocenters. The van der Waals surface area contributed by atoms with Crippen LogP contribution in [0.4, 0.5) is 0 Å². The Bertz CT molecular complexity index is 172. The highest BCUT2D eigenvalue weighted by Gasteiger charge is 2.31. The van der Waals surface area contributed by atoms with Crippen molar-refractivity contribution < 1.29 is 9.90 Å². The summed E-state index contributed by atoms with van der Waals surface area (Å²) in [6.07, 6.45) is 2.70. The van der Waals surface area contributed by atoms with E-state index in [1.165, 1.54) is 12.8 Å². The lowest BCUT2D eigenvalue weighted by atomic mass is 9.93. The highest BCUT2D eigenvalue weighted by Crippen LogP contribution is 2.24. The highest BCUT2D eigenvalue weighted by molar-refractivity contribution is 5.67. The Kier molecular flexibility index (Phi) is 3.72. The third kappa shape index (κ3) is 2.69. The second-order valence-corrected chi connectivity index (χ2v) is 3.89. The Morgan fingerprint density at radius 1 is 1.46 bits per heavy atom. The number of nitrogens with zero attached hydrogens (tertiary/aromatic N) is 1. The molecular formula is C10H19NO2. The molecule has 1 saturated heterocycles. The maximum atomic E-state index is 10.4. The molecule has 0 bridgehead atoms. The molecule has 0 saturated carbocycles. The number of hydrogen-bond acceptors (Lipinski definition) is 2. The van der Waals surface area contributed by atoms with Crippen molar-refractivity contribution in [3.8, 4) is 0 Å². The van der Waals surface area contributed by atoms with Gasteiger partial charge in [0.2, 0.25) is 0 Å². The lowest BCUT2D eigenvalue weighted by Gasteiger charge is -2.43. The van der Waals surface area contributed by atoms with Gasteiger partial charge in [-0.1, -0.05) is 13.8 Å². The van der Waals surface area contributed by atoms with Crippen LogP contribution in [0.5, 0.6) is 0 Å². The molecule has 0 atom stereocenters. The summed E-state index contributed by atoms with van der Waals surface area (Å²) < 4.78 is 0. The van der Waals surface area contributed by atoms with Crippen LogP contribution >= 0.6 is 0 Å². The Balaban J connectivity index is 2.20. The van der Waals surface area contributed by atoms with Gasteiger partial charge in [-0.15, -0.1) is 0 Å². The lowest BCUT2D eigenvalue weighted by Crippen LogP contribution is -2.52. The van der Waals surface area contributed by atoms with Crippen molar-refractivity contribution in [2.45, 2.75) is 39.2 Å². The van der Waals surface area contributed by atoms with Gasteiger partial charge in [-0.25, -0.2) is 0 Å². The molecule has 0 aromatic carbocycles. The van der Waals surface area contributed by atoms with E-state index in [-0.39, 0.29) is 0 Å². The number of aliphatic carboxylic acids is 1. The first-order chi connectivity index (χ1) is 6.17. The van der Waals surface area contributed by atoms with Crippen LogP contribution in [0, 0.1) is 5.92 Å². The van der Waals surface area contributed by atoms with Gasteiger partial charge in [0, 0.05) is 19.1 Å². The number of carboxylic acid groups (broad SMARTS) is 1. The molecule has 1 rings (SSSR count). The fourth-order valence-corrected chi connectivity index (χ4v) is 2.09. The van der Waals surface area contributed by atoms with Crippen molar-refractivity contribution >= 4 is 5.97 Å². The lowest BCUT2D eigenvalue weighted by molar-refractivity contribution is -0.139. The zero-order valence-electron chi connectivity index (χ0n) is 8.49. The Labute approximate surface area is 79.7 Å². The predicted octanol–water partition coefficient (Wildman–Crippen LogP) is 1.58. The van der Waals surface area contributed by atoms with E-state index in [1.807, 2.05) is 0 Å². The number of hydrogen-bond donors (Lipinski definition) is 1. The molecule has 0 aromatic heterocycles. The molecule has 0 spiro atoms. The van der Waals surface area contributed by atoms with E-state index in [0.29, 0.717) is 18.4 Å². The second-order valence-electron chi connectivity index (χ2n) is 3.89. The predicted molar refractivity (Wildman–Crippen MR) is 51.7 cm³/mol. The van der Waals surface area contributed by atoms with Gasteiger partial charge in [0.25, 0.3) is 0 Å². The number of carbonyl (C=O) groups is 1. The molecule has 1 heterocycles. The Morgan fingerprint density at radius 2 is 2.00 bits per heavy atom. The minimum Gasteiger partial charge on any atom is -0.481 e. The molecule has 3 nitrogen and oxygen atoms in total. The third-order valence-corrected chi connectivity index (χ3v) is 2.91. The van der Waals surface area contributed by atoms with Gasteiger partial charge >= 0.3 is 5.97 Å². The summed E-state index contributed by atoms with van der Waals surface area (Å²) in [7, 11) is 0. The summed E-state index contributed by atoms with van der Waals surface area (Å²) in [6, 6.07) is 0.671. The van der Waals surface area contributed by atoms with Crippen LogP contribution in [0.3, 0.4) is 0 Å². The average molecular weight is 185 g/mol. The summed E-state index contributed by atoms with van der Waals surface area (Å²) >= 11 is 0. The van der Waals surface area contributed by atoms with Crippen molar-refractivity contribution in [3.05, 3.63) is 0 Å². The van der Waals surface area contributed by atoms with Gasteiger partial charge in [-0.05, 0) is 18.8 Å². The molecule has 1 fully saturated rings. The summed E-state index contributed by atoms with van der Waals surface area (Å²) in [5, 5.41) is 8.57. The van der Waals surface area contributed by atoms with Gasteiger partial charge in [-0.2, -0.15) is 0 Å². The number of likely N-dealkylation sites (tertiary alicyclic amines) is 1. The van der Waals surface area contributed by atoms with E-state index < -0.39 is 5.97 Å².